The lowest BCUT2D eigenvalue weighted by molar-refractivity contribution is -0.142. The summed E-state index contributed by atoms with van der Waals surface area (Å²) in [5.74, 6) is -0.749. The van der Waals surface area contributed by atoms with Crippen LogP contribution in [0.1, 0.15) is 18.2 Å². The van der Waals surface area contributed by atoms with Crippen molar-refractivity contribution in [3.8, 4) is 0 Å². The van der Waals surface area contributed by atoms with Crippen LogP contribution in [0, 0.1) is 5.82 Å². The smallest absolute Gasteiger partial charge is 0.311 e. The average Bonchev–Trinajstić information content (AvgIpc) is 2.90. The highest BCUT2D eigenvalue weighted by molar-refractivity contribution is 7.13. The number of nitrogens with zero attached hydrogens (tertiary/aromatic N) is 2. The minimum absolute atomic E-state index is 0.110. The topological polar surface area (TPSA) is 63.6 Å². The van der Waals surface area contributed by atoms with Crippen LogP contribution in [0.15, 0.2) is 28.7 Å². The fraction of sp³-hybridized carbons (Fsp3) is 0.214. The number of thiazole rings is 1. The van der Waals surface area contributed by atoms with Gasteiger partial charge in [-0.2, -0.15) is 5.10 Å². The first kappa shape index (κ1) is 16.4. The molecule has 22 heavy (non-hydrogen) atoms. The van der Waals surface area contributed by atoms with Gasteiger partial charge in [-0.3, -0.25) is 10.2 Å². The molecule has 0 fully saturated rings. The van der Waals surface area contributed by atoms with Crippen molar-refractivity contribution < 1.29 is 13.9 Å². The predicted molar refractivity (Wildman–Crippen MR) is 85.1 cm³/mol. The summed E-state index contributed by atoms with van der Waals surface area (Å²) in [5, 5.41) is 6.55. The van der Waals surface area contributed by atoms with Gasteiger partial charge in [0.1, 0.15) is 5.82 Å². The van der Waals surface area contributed by atoms with Crippen LogP contribution in [0.4, 0.5) is 9.52 Å². The maximum Gasteiger partial charge on any atom is 0.311 e. The Hall–Kier alpha value is -1.99. The molecular weight excluding hydrogens is 329 g/mol. The third-order valence-electron chi connectivity index (χ3n) is 2.50. The third kappa shape index (κ3) is 4.78. The van der Waals surface area contributed by atoms with E-state index in [4.69, 9.17) is 16.3 Å². The molecule has 0 atom stereocenters. The molecule has 2 aromatic rings. The van der Waals surface area contributed by atoms with Gasteiger partial charge in [0.2, 0.25) is 5.13 Å². The van der Waals surface area contributed by atoms with E-state index in [1.807, 2.05) is 0 Å². The summed E-state index contributed by atoms with van der Waals surface area (Å²) < 4.78 is 18.3. The zero-order valence-electron chi connectivity index (χ0n) is 11.7. The number of hydrogen-bond donors (Lipinski definition) is 1. The van der Waals surface area contributed by atoms with E-state index < -0.39 is 5.82 Å². The second-order valence-corrected chi connectivity index (χ2v) is 5.46. The van der Waals surface area contributed by atoms with Crippen LogP contribution >= 0.6 is 22.9 Å². The Kier molecular flexibility index (Phi) is 5.85. The van der Waals surface area contributed by atoms with E-state index >= 15 is 0 Å². The van der Waals surface area contributed by atoms with Crippen molar-refractivity contribution in [3.63, 3.8) is 0 Å². The van der Waals surface area contributed by atoms with Gasteiger partial charge < -0.3 is 4.74 Å². The molecule has 0 bridgehead atoms. The summed E-state index contributed by atoms with van der Waals surface area (Å²) in [7, 11) is 0. The quantitative estimate of drug-likeness (QED) is 0.496. The number of ether oxygens (including phenoxy) is 1. The molecule has 1 heterocycles. The molecule has 0 saturated heterocycles. The number of esters is 1. The van der Waals surface area contributed by atoms with Crippen LogP contribution in [0.2, 0.25) is 5.02 Å². The molecule has 0 amide bonds. The summed E-state index contributed by atoms with van der Waals surface area (Å²) in [6.45, 7) is 2.08. The lowest BCUT2D eigenvalue weighted by Gasteiger charge is -1.98. The summed E-state index contributed by atoms with van der Waals surface area (Å²) in [6.07, 6.45) is 1.42. The lowest BCUT2D eigenvalue weighted by Crippen LogP contribution is -2.07. The van der Waals surface area contributed by atoms with Gasteiger partial charge in [-0.15, -0.1) is 11.3 Å². The van der Waals surface area contributed by atoms with Crippen molar-refractivity contribution in [3.05, 3.63) is 45.7 Å². The molecular formula is C14H13ClFN3O2S. The number of rotatable bonds is 6. The fourth-order valence-corrected chi connectivity index (χ4v) is 2.41. The van der Waals surface area contributed by atoms with Gasteiger partial charge in [0.05, 0.1) is 24.9 Å². The van der Waals surface area contributed by atoms with Crippen molar-refractivity contribution >= 4 is 40.3 Å². The Morgan fingerprint density at radius 3 is 3.18 bits per heavy atom. The van der Waals surface area contributed by atoms with Crippen LogP contribution in [-0.4, -0.2) is 23.8 Å². The van der Waals surface area contributed by atoms with Crippen molar-refractivity contribution in [2.45, 2.75) is 13.3 Å². The Bertz CT molecular complexity index is 690. The average molecular weight is 342 g/mol. The summed E-state index contributed by atoms with van der Waals surface area (Å²) in [4.78, 5) is 15.5. The number of benzene rings is 1. The number of carbonyl (C=O) groups is 1. The molecule has 0 unspecified atom stereocenters. The maximum atomic E-state index is 13.5. The highest BCUT2D eigenvalue weighted by Gasteiger charge is 2.08. The minimum Gasteiger partial charge on any atom is -0.466 e. The number of aromatic nitrogens is 1. The van der Waals surface area contributed by atoms with Crippen LogP contribution in [0.25, 0.3) is 0 Å². The molecule has 2 rings (SSSR count). The Morgan fingerprint density at radius 2 is 2.41 bits per heavy atom. The molecule has 0 aliphatic carbocycles. The van der Waals surface area contributed by atoms with E-state index in [-0.39, 0.29) is 18.0 Å². The lowest BCUT2D eigenvalue weighted by atomic mass is 10.2. The molecule has 5 nitrogen and oxygen atoms in total. The first-order valence-corrected chi connectivity index (χ1v) is 7.68. The minimum atomic E-state index is -0.419. The van der Waals surface area contributed by atoms with Crippen LogP contribution in [0.3, 0.4) is 0 Å². The Morgan fingerprint density at radius 1 is 1.59 bits per heavy atom. The van der Waals surface area contributed by atoms with E-state index in [0.29, 0.717) is 22.5 Å². The number of carbonyl (C=O) groups excluding carboxylic acids is 1. The highest BCUT2D eigenvalue weighted by atomic mass is 35.5. The Balaban J connectivity index is 1.94. The first-order valence-electron chi connectivity index (χ1n) is 6.42. The normalized spacial score (nSPS) is 10.9. The molecule has 1 N–H and O–H groups in total. The molecule has 8 heteroatoms. The molecule has 1 aromatic heterocycles. The van der Waals surface area contributed by atoms with Gasteiger partial charge in [-0.25, -0.2) is 9.37 Å². The van der Waals surface area contributed by atoms with E-state index in [2.05, 4.69) is 15.5 Å². The van der Waals surface area contributed by atoms with E-state index in [1.54, 1.807) is 12.3 Å². The zero-order chi connectivity index (χ0) is 15.9. The van der Waals surface area contributed by atoms with Gasteiger partial charge in [0.15, 0.2) is 0 Å². The number of hydrazone groups is 1. The summed E-state index contributed by atoms with van der Waals surface area (Å²) in [6, 6.07) is 4.20. The molecule has 0 spiro atoms. The van der Waals surface area contributed by atoms with Gasteiger partial charge in [0.25, 0.3) is 0 Å². The second-order valence-electron chi connectivity index (χ2n) is 4.16. The van der Waals surface area contributed by atoms with Crippen LogP contribution in [0.5, 0.6) is 0 Å². The zero-order valence-corrected chi connectivity index (χ0v) is 13.2. The van der Waals surface area contributed by atoms with Gasteiger partial charge in [-0.05, 0) is 25.1 Å². The highest BCUT2D eigenvalue weighted by Crippen LogP contribution is 2.17. The van der Waals surface area contributed by atoms with Crippen LogP contribution in [-0.2, 0) is 16.0 Å². The molecule has 1 aromatic carbocycles. The van der Waals surface area contributed by atoms with Crippen LogP contribution < -0.4 is 5.43 Å². The first-order chi connectivity index (χ1) is 10.6. The second kappa shape index (κ2) is 7.86. The van der Waals surface area contributed by atoms with Crippen molar-refractivity contribution in [2.75, 3.05) is 12.0 Å². The maximum absolute atomic E-state index is 13.5. The van der Waals surface area contributed by atoms with Gasteiger partial charge >= 0.3 is 5.97 Å². The standard InChI is InChI=1S/C14H13ClFN3O2S/c1-2-21-13(20)6-11-8-22-14(18-11)19-17-7-9-5-10(15)3-4-12(9)16/h3-5,7-8H,2,6H2,1H3,(H,18,19). The number of halogens is 2. The largest absolute Gasteiger partial charge is 0.466 e. The molecule has 0 radical (unpaired) electrons. The predicted octanol–water partition coefficient (Wildman–Crippen LogP) is 3.49. The molecule has 0 aliphatic heterocycles. The summed E-state index contributed by atoms with van der Waals surface area (Å²) >= 11 is 7.08. The molecule has 116 valence electrons. The molecule has 0 saturated carbocycles. The van der Waals surface area contributed by atoms with Gasteiger partial charge in [0, 0.05) is 16.0 Å². The monoisotopic (exact) mass is 341 g/mol. The fourth-order valence-electron chi connectivity index (χ4n) is 1.57. The third-order valence-corrected chi connectivity index (χ3v) is 3.54. The van der Waals surface area contributed by atoms with E-state index in [1.165, 1.54) is 35.8 Å². The van der Waals surface area contributed by atoms with Crippen molar-refractivity contribution in [1.82, 2.24) is 4.98 Å². The van der Waals surface area contributed by atoms with Crippen molar-refractivity contribution in [1.29, 1.82) is 0 Å². The SMILES string of the molecule is CCOC(=O)Cc1csc(NN=Cc2cc(Cl)ccc2F)n1. The molecule has 0 aliphatic rings. The van der Waals surface area contributed by atoms with Crippen molar-refractivity contribution in [2.24, 2.45) is 5.10 Å². The number of nitrogens with one attached hydrogen (secondary N) is 1. The van der Waals surface area contributed by atoms with E-state index in [0.717, 1.165) is 0 Å². The Labute approximate surface area is 135 Å². The number of anilines is 1. The van der Waals surface area contributed by atoms with Gasteiger partial charge in [-0.1, -0.05) is 11.6 Å². The summed E-state index contributed by atoms with van der Waals surface area (Å²) in [5.41, 5.74) is 3.54. The number of hydrogen-bond acceptors (Lipinski definition) is 6. The van der Waals surface area contributed by atoms with E-state index in [9.17, 15) is 9.18 Å².